The van der Waals surface area contributed by atoms with E-state index in [1.165, 1.54) is 82.8 Å². The highest BCUT2D eigenvalue weighted by molar-refractivity contribution is 8.00. The van der Waals surface area contributed by atoms with Gasteiger partial charge in [-0.1, -0.05) is 93.7 Å². The predicted octanol–water partition coefficient (Wildman–Crippen LogP) is 11.1. The van der Waals surface area contributed by atoms with E-state index in [9.17, 15) is 0 Å². The van der Waals surface area contributed by atoms with Crippen LogP contribution in [-0.2, 0) is 0 Å². The maximum absolute atomic E-state index is 2.81. The fourth-order valence-electron chi connectivity index (χ4n) is 9.43. The van der Waals surface area contributed by atoms with Crippen molar-refractivity contribution in [3.8, 4) is 0 Å². The molecule has 0 aromatic carbocycles. The van der Waals surface area contributed by atoms with Crippen molar-refractivity contribution >= 4 is 11.8 Å². The molecule has 35 heavy (non-hydrogen) atoms. The first-order valence-electron chi connectivity index (χ1n) is 15.4. The molecule has 0 amide bonds. The predicted molar refractivity (Wildman–Crippen MR) is 158 cm³/mol. The van der Waals surface area contributed by atoms with Gasteiger partial charge in [0.2, 0.25) is 0 Å². The molecule has 6 atom stereocenters. The summed E-state index contributed by atoms with van der Waals surface area (Å²) in [7, 11) is 0. The maximum atomic E-state index is 2.81. The van der Waals surface area contributed by atoms with Crippen LogP contribution < -0.4 is 0 Å². The summed E-state index contributed by atoms with van der Waals surface area (Å²) in [5.74, 6) is 3.74. The Kier molecular flexibility index (Phi) is 7.53. The summed E-state index contributed by atoms with van der Waals surface area (Å²) in [4.78, 5) is 0. The Labute approximate surface area is 224 Å². The number of thioether (sulfide) groups is 1. The molecule has 6 unspecified atom stereocenters. The fraction of sp³-hybridized carbons (Fsp3) is 0.941. The van der Waals surface area contributed by atoms with Gasteiger partial charge >= 0.3 is 0 Å². The first kappa shape index (κ1) is 28.1. The van der Waals surface area contributed by atoms with Gasteiger partial charge in [0.15, 0.2) is 0 Å². The number of hydrogen-bond acceptors (Lipinski definition) is 1. The second-order valence-electron chi connectivity index (χ2n) is 16.8. The van der Waals surface area contributed by atoms with Gasteiger partial charge in [-0.3, -0.25) is 0 Å². The first-order valence-corrected chi connectivity index (χ1v) is 16.3. The number of rotatable bonds is 0. The van der Waals surface area contributed by atoms with Gasteiger partial charge < -0.3 is 0 Å². The Morgan fingerprint density at radius 1 is 0.800 bits per heavy atom. The van der Waals surface area contributed by atoms with Crippen LogP contribution in [0, 0.1) is 44.8 Å². The van der Waals surface area contributed by atoms with Crippen molar-refractivity contribution < 1.29 is 0 Å². The number of allylic oxidation sites excluding steroid dienone is 2. The largest absolute Gasteiger partial charge is 0.154 e. The van der Waals surface area contributed by atoms with Crippen LogP contribution in [0.2, 0.25) is 0 Å². The van der Waals surface area contributed by atoms with E-state index in [4.69, 9.17) is 0 Å². The van der Waals surface area contributed by atoms with Gasteiger partial charge in [-0.2, -0.15) is 11.8 Å². The molecule has 1 aliphatic heterocycles. The SMILES string of the molecule is CC1CCCC2(C)CCC3/C(=C\CC1(C)CC(C)(C)C3(C)C)CCCC1(C2)SCC(C)(C)CC1C. The van der Waals surface area contributed by atoms with Crippen molar-refractivity contribution in [2.45, 2.75) is 151 Å². The molecule has 5 aliphatic rings. The monoisotopic (exact) mass is 500 g/mol. The van der Waals surface area contributed by atoms with E-state index in [-0.39, 0.29) is 0 Å². The average molecular weight is 501 g/mol. The van der Waals surface area contributed by atoms with E-state index < -0.39 is 0 Å². The van der Waals surface area contributed by atoms with Crippen molar-refractivity contribution in [1.82, 2.24) is 0 Å². The van der Waals surface area contributed by atoms with Crippen molar-refractivity contribution in [2.75, 3.05) is 5.75 Å². The minimum atomic E-state index is 0.341. The van der Waals surface area contributed by atoms with Crippen molar-refractivity contribution in [2.24, 2.45) is 44.8 Å². The molecule has 202 valence electrons. The Balaban J connectivity index is 1.79. The van der Waals surface area contributed by atoms with Crippen molar-refractivity contribution in [3.05, 3.63) is 11.6 Å². The van der Waals surface area contributed by atoms with E-state index in [2.05, 4.69) is 87.1 Å². The van der Waals surface area contributed by atoms with Gasteiger partial charge in [-0.15, -0.1) is 0 Å². The summed E-state index contributed by atoms with van der Waals surface area (Å²) in [5.41, 5.74) is 3.98. The van der Waals surface area contributed by atoms with Gasteiger partial charge in [0.25, 0.3) is 0 Å². The Morgan fingerprint density at radius 3 is 2.20 bits per heavy atom. The molecule has 1 spiro atoms. The molecule has 0 aromatic rings. The molecule has 5 rings (SSSR count). The van der Waals surface area contributed by atoms with Crippen LogP contribution in [0.4, 0.5) is 0 Å². The lowest BCUT2D eigenvalue weighted by molar-refractivity contribution is -0.0266. The smallest absolute Gasteiger partial charge is 0.0191 e. The third-order valence-electron chi connectivity index (χ3n) is 12.7. The molecule has 1 heteroatoms. The maximum Gasteiger partial charge on any atom is 0.0191 e. The normalized spacial score (nSPS) is 47.4. The van der Waals surface area contributed by atoms with E-state index in [0.29, 0.717) is 31.8 Å². The molecule has 0 aromatic heterocycles. The fourth-order valence-corrected chi connectivity index (χ4v) is 11.3. The summed E-state index contributed by atoms with van der Waals surface area (Å²) in [5, 5.41) is 0. The molecule has 4 aliphatic carbocycles. The molecule has 0 radical (unpaired) electrons. The molecule has 3 fully saturated rings. The standard InChI is InChI=1S/C34H60S/c1-25-13-11-17-32(9)19-16-28-27(15-20-33(25,10)22-30(5,6)31(28,7)8)14-12-18-34(23-32)26(2)21-29(3,4)24-35-34/h15,25-26,28H,11-14,16-24H2,1-10H3/b27-15-. The van der Waals surface area contributed by atoms with Crippen LogP contribution in [0.1, 0.15) is 146 Å². The minimum absolute atomic E-state index is 0.341. The molecule has 4 bridgehead atoms. The van der Waals surface area contributed by atoms with E-state index in [1.807, 2.05) is 5.57 Å². The van der Waals surface area contributed by atoms with Gasteiger partial charge in [-0.25, -0.2) is 0 Å². The highest BCUT2D eigenvalue weighted by atomic mass is 32.2. The van der Waals surface area contributed by atoms with E-state index in [1.54, 1.807) is 0 Å². The van der Waals surface area contributed by atoms with Crippen LogP contribution in [0.15, 0.2) is 11.6 Å². The van der Waals surface area contributed by atoms with Crippen molar-refractivity contribution in [3.63, 3.8) is 0 Å². The number of hydrogen-bond donors (Lipinski definition) is 0. The van der Waals surface area contributed by atoms with Crippen LogP contribution in [0.3, 0.4) is 0 Å². The lowest BCUT2D eigenvalue weighted by atomic mass is 9.49. The Hall–Kier alpha value is 0.0900. The van der Waals surface area contributed by atoms with Gasteiger partial charge in [-0.05, 0) is 115 Å². The average Bonchev–Trinajstić information content (AvgIpc) is 2.72. The zero-order valence-electron chi connectivity index (χ0n) is 25.4. The molecule has 2 saturated carbocycles. The minimum Gasteiger partial charge on any atom is -0.154 e. The molecular formula is C34H60S. The lowest BCUT2D eigenvalue weighted by Crippen LogP contribution is -2.48. The first-order chi connectivity index (χ1) is 16.0. The summed E-state index contributed by atoms with van der Waals surface area (Å²) in [6.45, 7) is 26.2. The zero-order valence-corrected chi connectivity index (χ0v) is 26.2. The van der Waals surface area contributed by atoms with Gasteiger partial charge in [0, 0.05) is 4.75 Å². The van der Waals surface area contributed by atoms with Crippen LogP contribution in [0.5, 0.6) is 0 Å². The Morgan fingerprint density at radius 2 is 1.51 bits per heavy atom. The van der Waals surface area contributed by atoms with Gasteiger partial charge in [0.1, 0.15) is 0 Å². The van der Waals surface area contributed by atoms with E-state index >= 15 is 0 Å². The highest BCUT2D eigenvalue weighted by Gasteiger charge is 2.52. The van der Waals surface area contributed by atoms with E-state index in [0.717, 1.165) is 17.8 Å². The Bertz CT molecular complexity index is 801. The summed E-state index contributed by atoms with van der Waals surface area (Å²) in [6, 6.07) is 0. The topological polar surface area (TPSA) is 0 Å². The molecular weight excluding hydrogens is 440 g/mol. The number of fused-ring (bicyclic) bond motifs is 6. The summed E-state index contributed by atoms with van der Waals surface area (Å²) >= 11 is 2.40. The van der Waals surface area contributed by atoms with Gasteiger partial charge in [0.05, 0.1) is 0 Å². The summed E-state index contributed by atoms with van der Waals surface area (Å²) in [6.07, 6.45) is 19.7. The third kappa shape index (κ3) is 5.34. The van der Waals surface area contributed by atoms with Crippen LogP contribution >= 0.6 is 11.8 Å². The third-order valence-corrected chi connectivity index (χ3v) is 14.9. The molecule has 1 heterocycles. The van der Waals surface area contributed by atoms with Crippen LogP contribution in [-0.4, -0.2) is 10.5 Å². The summed E-state index contributed by atoms with van der Waals surface area (Å²) < 4.78 is 0.498. The van der Waals surface area contributed by atoms with Crippen LogP contribution in [0.25, 0.3) is 0 Å². The highest BCUT2D eigenvalue weighted by Crippen LogP contribution is 2.62. The second-order valence-corrected chi connectivity index (χ2v) is 18.2. The quantitative estimate of drug-likeness (QED) is 0.298. The lowest BCUT2D eigenvalue weighted by Gasteiger charge is -2.57. The van der Waals surface area contributed by atoms with Crippen molar-refractivity contribution in [1.29, 1.82) is 0 Å². The molecule has 0 nitrogen and oxygen atoms in total. The zero-order chi connectivity index (χ0) is 25.9. The second kappa shape index (κ2) is 9.38. The molecule has 0 N–H and O–H groups in total. The molecule has 1 saturated heterocycles.